The predicted molar refractivity (Wildman–Crippen MR) is 72.9 cm³/mol. The molecule has 0 bridgehead atoms. The third kappa shape index (κ3) is 4.44. The van der Waals surface area contributed by atoms with Crippen LogP contribution in [0.4, 0.5) is 0 Å². The Labute approximate surface area is 105 Å². The van der Waals surface area contributed by atoms with Gasteiger partial charge < -0.3 is 10.6 Å². The molecule has 3 nitrogen and oxygen atoms in total. The van der Waals surface area contributed by atoms with Crippen LogP contribution in [0, 0.1) is 0 Å². The second-order valence-electron chi connectivity index (χ2n) is 4.66. The first kappa shape index (κ1) is 14.1. The Morgan fingerprint density at radius 2 is 1.94 bits per heavy atom. The van der Waals surface area contributed by atoms with Crippen molar-refractivity contribution in [3.8, 4) is 0 Å². The van der Waals surface area contributed by atoms with E-state index in [1.54, 1.807) is 0 Å². The Morgan fingerprint density at radius 1 is 1.29 bits per heavy atom. The van der Waals surface area contributed by atoms with Crippen LogP contribution in [0.1, 0.15) is 32.4 Å². The summed E-state index contributed by atoms with van der Waals surface area (Å²) in [5.41, 5.74) is 7.46. The van der Waals surface area contributed by atoms with Crippen LogP contribution in [0.15, 0.2) is 24.4 Å². The van der Waals surface area contributed by atoms with Gasteiger partial charge in [0.1, 0.15) is 0 Å². The second-order valence-corrected chi connectivity index (χ2v) is 4.66. The van der Waals surface area contributed by atoms with Gasteiger partial charge >= 0.3 is 0 Å². The van der Waals surface area contributed by atoms with Crippen LogP contribution in [-0.4, -0.2) is 35.6 Å². The molecular weight excluding hydrogens is 210 g/mol. The molecule has 1 saturated heterocycles. The molecule has 1 fully saturated rings. The van der Waals surface area contributed by atoms with Gasteiger partial charge in [0.25, 0.3) is 0 Å². The van der Waals surface area contributed by atoms with E-state index in [0.29, 0.717) is 0 Å². The molecule has 2 heterocycles. The van der Waals surface area contributed by atoms with Crippen LogP contribution in [0.5, 0.6) is 0 Å². The second kappa shape index (κ2) is 6.72. The zero-order valence-electron chi connectivity index (χ0n) is 11.3. The van der Waals surface area contributed by atoms with Gasteiger partial charge in [-0.15, -0.1) is 0 Å². The maximum absolute atomic E-state index is 6.39. The summed E-state index contributed by atoms with van der Waals surface area (Å²) >= 11 is 0. The lowest BCUT2D eigenvalue weighted by atomic mass is 9.84. The van der Waals surface area contributed by atoms with E-state index in [1.165, 1.54) is 0 Å². The zero-order chi connectivity index (χ0) is 12.7. The molecule has 0 atom stereocenters. The molecule has 0 saturated carbocycles. The topological polar surface area (TPSA) is 42.1 Å². The number of aromatic nitrogens is 1. The van der Waals surface area contributed by atoms with Crippen molar-refractivity contribution in [1.82, 2.24) is 9.88 Å². The lowest BCUT2D eigenvalue weighted by molar-refractivity contribution is 0.189. The summed E-state index contributed by atoms with van der Waals surface area (Å²) in [4.78, 5) is 6.68. The molecule has 0 spiro atoms. The molecule has 1 aliphatic rings. The molecule has 2 N–H and O–H groups in total. The molecule has 1 aromatic rings. The van der Waals surface area contributed by atoms with Crippen LogP contribution < -0.4 is 5.73 Å². The van der Waals surface area contributed by atoms with Gasteiger partial charge in [0.2, 0.25) is 0 Å². The third-order valence-corrected chi connectivity index (χ3v) is 3.24. The minimum absolute atomic E-state index is 0.0408. The first-order chi connectivity index (χ1) is 8.18. The quantitative estimate of drug-likeness (QED) is 0.853. The van der Waals surface area contributed by atoms with Crippen LogP contribution in [0.25, 0.3) is 0 Å². The van der Waals surface area contributed by atoms with Gasteiger partial charge in [-0.1, -0.05) is 19.9 Å². The average molecular weight is 235 g/mol. The van der Waals surface area contributed by atoms with E-state index >= 15 is 0 Å². The first-order valence-electron chi connectivity index (χ1n) is 6.55. The lowest BCUT2D eigenvalue weighted by Gasteiger charge is -2.37. The summed E-state index contributed by atoms with van der Waals surface area (Å²) in [6.45, 7) is 6.20. The highest BCUT2D eigenvalue weighted by Gasteiger charge is 2.29. The normalized spacial score (nSPS) is 19.3. The smallest absolute Gasteiger partial charge is 0.0421 e. The maximum Gasteiger partial charge on any atom is 0.0421 e. The molecule has 17 heavy (non-hydrogen) atoms. The van der Waals surface area contributed by atoms with Crippen LogP contribution in [0.2, 0.25) is 0 Å². The zero-order valence-corrected chi connectivity index (χ0v) is 11.3. The van der Waals surface area contributed by atoms with Crippen molar-refractivity contribution in [3.05, 3.63) is 30.1 Å². The summed E-state index contributed by atoms with van der Waals surface area (Å²) in [7, 11) is 2.15. The number of nitrogens with two attached hydrogens (primary N) is 1. The van der Waals surface area contributed by atoms with Crippen molar-refractivity contribution in [1.29, 1.82) is 0 Å². The fourth-order valence-electron chi connectivity index (χ4n) is 2.10. The summed E-state index contributed by atoms with van der Waals surface area (Å²) in [5.74, 6) is 0. The van der Waals surface area contributed by atoms with Gasteiger partial charge in [-0.05, 0) is 45.1 Å². The first-order valence-corrected chi connectivity index (χ1v) is 6.55. The van der Waals surface area contributed by atoms with E-state index in [4.69, 9.17) is 5.73 Å². The molecule has 1 aromatic heterocycles. The number of piperidine rings is 1. The predicted octanol–water partition coefficient (Wildman–Crippen LogP) is 2.07. The van der Waals surface area contributed by atoms with E-state index < -0.39 is 0 Å². The van der Waals surface area contributed by atoms with Crippen molar-refractivity contribution in [2.45, 2.75) is 38.6 Å². The summed E-state index contributed by atoms with van der Waals surface area (Å²) in [6.07, 6.45) is 4.88. The van der Waals surface area contributed by atoms with E-state index in [-0.39, 0.29) is 5.54 Å². The number of rotatable bonds is 2. The monoisotopic (exact) mass is 235 g/mol. The molecular formula is C14H25N3. The molecule has 0 aliphatic carbocycles. The summed E-state index contributed by atoms with van der Waals surface area (Å²) < 4.78 is 0. The van der Waals surface area contributed by atoms with Crippen LogP contribution in [0.3, 0.4) is 0 Å². The van der Waals surface area contributed by atoms with E-state index in [0.717, 1.165) is 38.0 Å². The number of nitrogens with zero attached hydrogens (tertiary/aromatic N) is 2. The molecule has 96 valence electrons. The fourth-order valence-corrected chi connectivity index (χ4v) is 2.10. The largest absolute Gasteiger partial charge is 0.325 e. The van der Waals surface area contributed by atoms with E-state index in [1.807, 2.05) is 32.2 Å². The van der Waals surface area contributed by atoms with Crippen LogP contribution in [-0.2, 0) is 6.42 Å². The van der Waals surface area contributed by atoms with Gasteiger partial charge in [0.15, 0.2) is 0 Å². The molecule has 3 heteroatoms. The third-order valence-electron chi connectivity index (χ3n) is 3.24. The van der Waals surface area contributed by atoms with Crippen molar-refractivity contribution >= 4 is 0 Å². The Kier molecular flexibility index (Phi) is 5.59. The Hall–Kier alpha value is -0.930. The van der Waals surface area contributed by atoms with Gasteiger partial charge in [-0.2, -0.15) is 0 Å². The number of pyridine rings is 1. The van der Waals surface area contributed by atoms with Gasteiger partial charge in [0.05, 0.1) is 0 Å². The highest BCUT2D eigenvalue weighted by atomic mass is 15.1. The molecule has 1 aliphatic heterocycles. The lowest BCUT2D eigenvalue weighted by Crippen LogP contribution is -2.50. The summed E-state index contributed by atoms with van der Waals surface area (Å²) in [5, 5.41) is 0. The van der Waals surface area contributed by atoms with Crippen molar-refractivity contribution in [2.24, 2.45) is 5.73 Å². The Morgan fingerprint density at radius 3 is 2.47 bits per heavy atom. The minimum atomic E-state index is -0.0408. The molecule has 0 unspecified atom stereocenters. The Balaban J connectivity index is 0.000000686. The Bertz CT molecular complexity index is 303. The standard InChI is InChI=1S/C12H19N3.C2H6/c1-15-8-5-12(13,6-9-15)10-11-4-2-3-7-14-11;1-2/h2-4,7H,5-6,8-10,13H2,1H3;1-2H3. The summed E-state index contributed by atoms with van der Waals surface area (Å²) in [6, 6.07) is 6.04. The fraction of sp³-hybridized carbons (Fsp3) is 0.643. The molecule has 0 aromatic carbocycles. The van der Waals surface area contributed by atoms with Crippen LogP contribution >= 0.6 is 0 Å². The maximum atomic E-state index is 6.39. The van der Waals surface area contributed by atoms with Gasteiger partial charge in [-0.3, -0.25) is 4.98 Å². The highest BCUT2D eigenvalue weighted by Crippen LogP contribution is 2.22. The minimum Gasteiger partial charge on any atom is -0.325 e. The SMILES string of the molecule is CC.CN1CCC(N)(Cc2ccccn2)CC1. The molecule has 0 radical (unpaired) electrons. The van der Waals surface area contributed by atoms with Crippen molar-refractivity contribution in [3.63, 3.8) is 0 Å². The van der Waals surface area contributed by atoms with Crippen molar-refractivity contribution in [2.75, 3.05) is 20.1 Å². The van der Waals surface area contributed by atoms with Gasteiger partial charge in [0, 0.05) is 23.9 Å². The number of hydrogen-bond acceptors (Lipinski definition) is 3. The van der Waals surface area contributed by atoms with Gasteiger partial charge in [-0.25, -0.2) is 0 Å². The van der Waals surface area contributed by atoms with E-state index in [2.05, 4.69) is 23.0 Å². The van der Waals surface area contributed by atoms with E-state index in [9.17, 15) is 0 Å². The molecule has 0 amide bonds. The average Bonchev–Trinajstić information content (AvgIpc) is 2.37. The number of likely N-dealkylation sites (tertiary alicyclic amines) is 1. The number of hydrogen-bond donors (Lipinski definition) is 1. The molecule has 2 rings (SSSR count). The van der Waals surface area contributed by atoms with Crippen molar-refractivity contribution < 1.29 is 0 Å². The highest BCUT2D eigenvalue weighted by molar-refractivity contribution is 5.09.